The lowest BCUT2D eigenvalue weighted by molar-refractivity contribution is 0.452. The molecule has 0 aliphatic heterocycles. The maximum atomic E-state index is 6.16. The van der Waals surface area contributed by atoms with Crippen molar-refractivity contribution in [2.24, 2.45) is 11.1 Å². The summed E-state index contributed by atoms with van der Waals surface area (Å²) in [5.41, 5.74) is 9.39. The van der Waals surface area contributed by atoms with Gasteiger partial charge in [-0.15, -0.1) is 0 Å². The molecule has 0 heterocycles. The lowest BCUT2D eigenvalue weighted by Crippen LogP contribution is -2.25. The average molecular weight is 216 g/mol. The van der Waals surface area contributed by atoms with Crippen molar-refractivity contribution in [3.63, 3.8) is 0 Å². The van der Waals surface area contributed by atoms with E-state index in [4.69, 9.17) is 5.73 Å². The normalized spacial score (nSPS) is 34.8. The summed E-state index contributed by atoms with van der Waals surface area (Å²) in [6, 6.07) is 9.95. The molecule has 2 aliphatic carbocycles. The first-order chi connectivity index (χ1) is 7.58. The molecule has 1 aromatic rings. The van der Waals surface area contributed by atoms with Crippen LogP contribution in [0.5, 0.6) is 0 Å². The highest BCUT2D eigenvalue weighted by Gasteiger charge is 2.47. The minimum absolute atomic E-state index is 0.218. The predicted molar refractivity (Wildman–Crippen MR) is 66.1 cm³/mol. The second-order valence-corrected chi connectivity index (χ2v) is 5.94. The molecule has 0 aromatic heterocycles. The Hall–Kier alpha value is -0.860. The van der Waals surface area contributed by atoms with Crippen LogP contribution in [-0.4, -0.2) is 6.04 Å². The van der Waals surface area contributed by atoms with Crippen LogP contribution in [0.25, 0.3) is 0 Å². The van der Waals surface area contributed by atoms with Gasteiger partial charge in [-0.3, -0.25) is 0 Å². The minimum atomic E-state index is 0.218. The molecule has 0 saturated heterocycles. The van der Waals surface area contributed by atoms with Crippen LogP contribution in [0.1, 0.15) is 49.9 Å². The Morgan fingerprint density at radius 1 is 1.25 bits per heavy atom. The van der Waals surface area contributed by atoms with Crippen LogP contribution in [0, 0.1) is 5.41 Å². The van der Waals surface area contributed by atoms with Crippen LogP contribution in [0.2, 0.25) is 0 Å². The third-order valence-corrected chi connectivity index (χ3v) is 4.18. The molecule has 86 valence electrons. The van der Waals surface area contributed by atoms with Crippen molar-refractivity contribution in [1.29, 1.82) is 0 Å². The van der Waals surface area contributed by atoms with E-state index in [0.717, 1.165) is 6.42 Å². The van der Waals surface area contributed by atoms with Crippen molar-refractivity contribution < 1.29 is 0 Å². The highest BCUT2D eigenvalue weighted by atomic mass is 15.0. The number of nitrogens with one attached hydrogen (secondary N) is 1. The van der Waals surface area contributed by atoms with Gasteiger partial charge in [0.05, 0.1) is 0 Å². The summed E-state index contributed by atoms with van der Waals surface area (Å²) in [7, 11) is 0. The van der Waals surface area contributed by atoms with Crippen LogP contribution < -0.4 is 11.1 Å². The van der Waals surface area contributed by atoms with Gasteiger partial charge in [-0.25, -0.2) is 0 Å². The van der Waals surface area contributed by atoms with Crippen molar-refractivity contribution in [3.8, 4) is 0 Å². The van der Waals surface area contributed by atoms with Crippen LogP contribution in [0.3, 0.4) is 0 Å². The molecule has 1 aromatic carbocycles. The van der Waals surface area contributed by atoms with Gasteiger partial charge < -0.3 is 11.1 Å². The smallest absolute Gasteiger partial charge is 0.0344 e. The molecule has 0 spiro atoms. The van der Waals surface area contributed by atoms with Crippen LogP contribution in [0.4, 0.5) is 0 Å². The second-order valence-electron chi connectivity index (χ2n) is 5.94. The van der Waals surface area contributed by atoms with Gasteiger partial charge in [0.25, 0.3) is 0 Å². The Morgan fingerprint density at radius 3 is 2.50 bits per heavy atom. The Morgan fingerprint density at radius 2 is 1.88 bits per heavy atom. The first-order valence-electron chi connectivity index (χ1n) is 6.18. The molecular formula is C14H20N2. The summed E-state index contributed by atoms with van der Waals surface area (Å²) >= 11 is 0. The largest absolute Gasteiger partial charge is 0.324 e. The predicted octanol–water partition coefficient (Wildman–Crippen LogP) is 2.52. The van der Waals surface area contributed by atoms with Gasteiger partial charge >= 0.3 is 0 Å². The molecule has 3 N–H and O–H groups in total. The van der Waals surface area contributed by atoms with E-state index in [1.807, 2.05) is 0 Å². The first kappa shape index (κ1) is 10.3. The number of hydrogen-bond donors (Lipinski definition) is 2. The molecular weight excluding hydrogens is 196 g/mol. The van der Waals surface area contributed by atoms with Crippen molar-refractivity contribution in [3.05, 3.63) is 35.4 Å². The van der Waals surface area contributed by atoms with Crippen LogP contribution in [-0.2, 0) is 0 Å². The van der Waals surface area contributed by atoms with E-state index in [1.54, 1.807) is 0 Å². The van der Waals surface area contributed by atoms with Crippen LogP contribution in [0.15, 0.2) is 24.3 Å². The molecule has 2 aliphatic rings. The van der Waals surface area contributed by atoms with Crippen molar-refractivity contribution in [1.82, 2.24) is 5.32 Å². The summed E-state index contributed by atoms with van der Waals surface area (Å²) in [6.07, 6.45) is 2.34. The van der Waals surface area contributed by atoms with E-state index < -0.39 is 0 Å². The summed E-state index contributed by atoms with van der Waals surface area (Å²) < 4.78 is 0. The van der Waals surface area contributed by atoms with Gasteiger partial charge in [-0.2, -0.15) is 0 Å². The van der Waals surface area contributed by atoms with Gasteiger partial charge in [-0.1, -0.05) is 38.1 Å². The van der Waals surface area contributed by atoms with Crippen molar-refractivity contribution >= 4 is 0 Å². The highest BCUT2D eigenvalue weighted by molar-refractivity contribution is 5.37. The standard InChI is InChI=1S/C14H20N2/c1-14(2)8-13(14)16-12-7-11(15)9-5-3-4-6-10(9)12/h3-6,11-13,16H,7-8,15H2,1-2H3. The topological polar surface area (TPSA) is 38.0 Å². The summed E-state index contributed by atoms with van der Waals surface area (Å²) in [6.45, 7) is 4.65. The fraction of sp³-hybridized carbons (Fsp3) is 0.571. The van der Waals surface area contributed by atoms with Gasteiger partial charge in [0.15, 0.2) is 0 Å². The van der Waals surface area contributed by atoms with Crippen LogP contribution >= 0.6 is 0 Å². The number of rotatable bonds is 2. The number of nitrogens with two attached hydrogens (primary N) is 1. The van der Waals surface area contributed by atoms with E-state index in [2.05, 4.69) is 43.4 Å². The molecule has 3 rings (SSSR count). The lowest BCUT2D eigenvalue weighted by Gasteiger charge is -2.15. The van der Waals surface area contributed by atoms with Gasteiger partial charge in [-0.05, 0) is 29.4 Å². The Kier molecular flexibility index (Phi) is 2.13. The number of hydrogen-bond acceptors (Lipinski definition) is 2. The maximum absolute atomic E-state index is 6.16. The number of fused-ring (bicyclic) bond motifs is 1. The molecule has 1 fully saturated rings. The fourth-order valence-electron chi connectivity index (χ4n) is 2.83. The zero-order chi connectivity index (χ0) is 11.3. The third kappa shape index (κ3) is 1.57. The monoisotopic (exact) mass is 216 g/mol. The molecule has 1 saturated carbocycles. The van der Waals surface area contributed by atoms with Gasteiger partial charge in [0, 0.05) is 18.1 Å². The summed E-state index contributed by atoms with van der Waals surface area (Å²) in [5.74, 6) is 0. The van der Waals surface area contributed by atoms with E-state index in [0.29, 0.717) is 17.5 Å². The highest BCUT2D eigenvalue weighted by Crippen LogP contribution is 2.47. The van der Waals surface area contributed by atoms with Crippen molar-refractivity contribution in [2.75, 3.05) is 0 Å². The lowest BCUT2D eigenvalue weighted by atomic mass is 10.1. The minimum Gasteiger partial charge on any atom is -0.324 e. The van der Waals surface area contributed by atoms with E-state index >= 15 is 0 Å². The van der Waals surface area contributed by atoms with Gasteiger partial charge in [0.1, 0.15) is 0 Å². The molecule has 3 unspecified atom stereocenters. The second kappa shape index (κ2) is 3.31. The molecule has 16 heavy (non-hydrogen) atoms. The number of benzene rings is 1. The Labute approximate surface area is 97.2 Å². The fourth-order valence-corrected chi connectivity index (χ4v) is 2.83. The first-order valence-corrected chi connectivity index (χ1v) is 6.18. The summed E-state index contributed by atoms with van der Waals surface area (Å²) in [5, 5.41) is 3.75. The Balaban J connectivity index is 1.79. The third-order valence-electron chi connectivity index (χ3n) is 4.18. The molecule has 0 bridgehead atoms. The van der Waals surface area contributed by atoms with E-state index in [9.17, 15) is 0 Å². The van der Waals surface area contributed by atoms with Gasteiger partial charge in [0.2, 0.25) is 0 Å². The SMILES string of the molecule is CC1(C)CC1NC1CC(N)c2ccccc21. The molecule has 3 atom stereocenters. The quantitative estimate of drug-likeness (QED) is 0.797. The maximum Gasteiger partial charge on any atom is 0.0344 e. The average Bonchev–Trinajstić information content (AvgIpc) is 2.71. The molecule has 2 heteroatoms. The van der Waals surface area contributed by atoms with Crippen molar-refractivity contribution in [2.45, 2.75) is 44.8 Å². The molecule has 0 radical (unpaired) electrons. The summed E-state index contributed by atoms with van der Waals surface area (Å²) in [4.78, 5) is 0. The Bertz CT molecular complexity index is 411. The van der Waals surface area contributed by atoms with E-state index in [1.165, 1.54) is 17.5 Å². The molecule has 0 amide bonds. The molecule has 2 nitrogen and oxygen atoms in total. The zero-order valence-corrected chi connectivity index (χ0v) is 10.0. The van der Waals surface area contributed by atoms with E-state index in [-0.39, 0.29) is 6.04 Å². The zero-order valence-electron chi connectivity index (χ0n) is 10.0.